The van der Waals surface area contributed by atoms with Crippen molar-refractivity contribution in [2.24, 2.45) is 0 Å². The molecule has 0 fully saturated rings. The van der Waals surface area contributed by atoms with Crippen LogP contribution in [-0.4, -0.2) is 9.55 Å². The van der Waals surface area contributed by atoms with Crippen LogP contribution in [0.25, 0.3) is 49.9 Å². The second kappa shape index (κ2) is 17.7. The summed E-state index contributed by atoms with van der Waals surface area (Å²) in [6.45, 7) is 17.5. The van der Waals surface area contributed by atoms with Gasteiger partial charge in [0.05, 0.1) is 0 Å². The van der Waals surface area contributed by atoms with E-state index in [4.69, 9.17) is 9.72 Å². The number of hydrogen-bond donors (Lipinski definition) is 0. The van der Waals surface area contributed by atoms with Gasteiger partial charge in [-0.15, -0.1) is 48.1 Å². The molecule has 0 atom stereocenters. The van der Waals surface area contributed by atoms with Crippen molar-refractivity contribution in [3.8, 4) is 39.6 Å². The Labute approximate surface area is 400 Å². The third kappa shape index (κ3) is 8.30. The van der Waals surface area contributed by atoms with Gasteiger partial charge in [-0.05, 0) is 92.9 Å². The molecule has 0 bridgehead atoms. The Morgan fingerprint density at radius 2 is 1.23 bits per heavy atom. The number of para-hydroxylation sites is 4. The molecule has 10 rings (SSSR count). The van der Waals surface area contributed by atoms with Crippen molar-refractivity contribution >= 4 is 44.6 Å². The molecular weight excluding hydrogens is 1000 g/mol. The summed E-state index contributed by atoms with van der Waals surface area (Å²) in [6.07, 6.45) is 1.87. The average Bonchev–Trinajstić information content (AvgIpc) is 3.84. The molecule has 0 unspecified atom stereocenters. The largest absolute Gasteiger partial charge is 0.509 e. The van der Waals surface area contributed by atoms with E-state index in [9.17, 15) is 0 Å². The van der Waals surface area contributed by atoms with E-state index < -0.39 is 11.6 Å². The Bertz CT molecular complexity index is 3230. The number of halogens is 2. The molecule has 0 aliphatic carbocycles. The third-order valence-corrected chi connectivity index (χ3v) is 12.3. The van der Waals surface area contributed by atoms with E-state index in [1.807, 2.05) is 67.5 Å². The van der Waals surface area contributed by atoms with Crippen molar-refractivity contribution < 1.29 is 34.6 Å². The predicted molar refractivity (Wildman–Crippen MR) is 262 cm³/mol. The van der Waals surface area contributed by atoms with E-state index in [-0.39, 0.29) is 26.5 Å². The van der Waals surface area contributed by atoms with Crippen LogP contribution in [0.15, 0.2) is 152 Å². The Morgan fingerprint density at radius 1 is 0.606 bits per heavy atom. The average molecular weight is 1050 g/mol. The van der Waals surface area contributed by atoms with Crippen LogP contribution in [0.1, 0.15) is 77.0 Å². The second-order valence-corrected chi connectivity index (χ2v) is 18.5. The van der Waals surface area contributed by atoms with Crippen LogP contribution < -0.4 is 14.5 Å². The quantitative estimate of drug-likeness (QED) is 0.135. The molecule has 0 N–H and O–H groups in total. The SMILES string of the molecule is CC(C)c1cc(-c2cccc(-c3cc(F)cc(F)c3)c2N2[CH-]N(c3[c-]c(Oc4[c-]c5c(cc4)c4ccccc4n5-c4cc(C(C)(C)C)ccn4)ccc3)c3ccccc32)cc(C(C)C)c1.[Pt]. The number of anilines is 4. The molecule has 5 nitrogen and oxygen atoms in total. The van der Waals surface area contributed by atoms with Gasteiger partial charge in [-0.1, -0.05) is 121 Å². The van der Waals surface area contributed by atoms with Crippen LogP contribution in [0.4, 0.5) is 31.5 Å². The minimum atomic E-state index is -0.636. The molecule has 334 valence electrons. The fourth-order valence-corrected chi connectivity index (χ4v) is 8.89. The zero-order chi connectivity index (χ0) is 45.1. The summed E-state index contributed by atoms with van der Waals surface area (Å²) in [6, 6.07) is 54.2. The number of aromatic nitrogens is 2. The van der Waals surface area contributed by atoms with Crippen LogP contribution in [0.2, 0.25) is 0 Å². The molecule has 1 aliphatic rings. The van der Waals surface area contributed by atoms with E-state index in [1.54, 1.807) is 0 Å². The molecule has 7 aromatic carbocycles. The van der Waals surface area contributed by atoms with Gasteiger partial charge in [0.25, 0.3) is 0 Å². The van der Waals surface area contributed by atoms with E-state index >= 15 is 8.78 Å². The summed E-state index contributed by atoms with van der Waals surface area (Å²) in [4.78, 5) is 9.05. The van der Waals surface area contributed by atoms with Gasteiger partial charge >= 0.3 is 0 Å². The van der Waals surface area contributed by atoms with Gasteiger partial charge in [-0.25, -0.2) is 13.8 Å². The van der Waals surface area contributed by atoms with Gasteiger partial charge in [-0.2, -0.15) is 12.1 Å². The maximum absolute atomic E-state index is 15.0. The smallest absolute Gasteiger partial charge is 0.135 e. The van der Waals surface area contributed by atoms with Crippen LogP contribution in [-0.2, 0) is 26.5 Å². The minimum Gasteiger partial charge on any atom is -0.509 e. The van der Waals surface area contributed by atoms with Gasteiger partial charge in [0.15, 0.2) is 0 Å². The number of fused-ring (bicyclic) bond motifs is 4. The van der Waals surface area contributed by atoms with Gasteiger partial charge < -0.3 is 19.1 Å². The Balaban J connectivity index is 0.00000548. The van der Waals surface area contributed by atoms with Crippen molar-refractivity contribution in [1.29, 1.82) is 0 Å². The van der Waals surface area contributed by atoms with E-state index in [2.05, 4.69) is 148 Å². The summed E-state index contributed by atoms with van der Waals surface area (Å²) in [5.74, 6) is 1.19. The van der Waals surface area contributed by atoms with E-state index in [0.717, 1.165) is 67.6 Å². The number of rotatable bonds is 9. The minimum absolute atomic E-state index is 0. The van der Waals surface area contributed by atoms with Crippen LogP contribution in [0.5, 0.6) is 11.5 Å². The van der Waals surface area contributed by atoms with Crippen molar-refractivity contribution in [3.63, 3.8) is 0 Å². The van der Waals surface area contributed by atoms with Crippen LogP contribution in [0, 0.1) is 30.4 Å². The number of nitrogens with zero attached hydrogens (tertiary/aromatic N) is 4. The van der Waals surface area contributed by atoms with Gasteiger partial charge in [0, 0.05) is 78.5 Å². The standard InChI is InChI=1S/C58H49F2N4O.Pt/c1-36(2)38-26-39(37(3)4)28-40(27-38)48-17-13-18-49(41-29-43(59)32-44(60)30-41)57(48)63-35-62(53-20-10-11-21-54(53)63)45-14-12-15-46(33-45)65-47-22-23-51-50-16-8-9-19-52(50)64(55(51)34-47)56-31-42(24-25-61-56)58(5,6)7;/h8-32,35-37H,1-7H3;/q-3;. The van der Waals surface area contributed by atoms with Crippen molar-refractivity contribution in [3.05, 3.63) is 199 Å². The first-order valence-corrected chi connectivity index (χ1v) is 22.2. The van der Waals surface area contributed by atoms with E-state index in [0.29, 0.717) is 34.5 Å². The van der Waals surface area contributed by atoms with Crippen LogP contribution >= 0.6 is 0 Å². The molecular formula is C58H49F2N4OPt-3. The Morgan fingerprint density at radius 3 is 1.91 bits per heavy atom. The van der Waals surface area contributed by atoms with Crippen molar-refractivity contribution in [2.45, 2.75) is 65.7 Å². The monoisotopic (exact) mass is 1050 g/mol. The Kier molecular flexibility index (Phi) is 12.0. The first-order valence-electron chi connectivity index (χ1n) is 22.2. The third-order valence-electron chi connectivity index (χ3n) is 12.3. The molecule has 0 amide bonds. The molecule has 1 aliphatic heterocycles. The fraction of sp³-hybridized carbons (Fsp3) is 0.172. The summed E-state index contributed by atoms with van der Waals surface area (Å²) in [5, 5.41) is 2.16. The summed E-state index contributed by atoms with van der Waals surface area (Å²) in [5.41, 5.74) is 12.0. The molecule has 9 aromatic rings. The number of ether oxygens (including phenoxy) is 1. The molecule has 0 radical (unpaired) electrons. The number of hydrogen-bond acceptors (Lipinski definition) is 4. The van der Waals surface area contributed by atoms with Crippen molar-refractivity contribution in [1.82, 2.24) is 9.55 Å². The zero-order valence-electron chi connectivity index (χ0n) is 37.9. The summed E-state index contributed by atoms with van der Waals surface area (Å²) in [7, 11) is 0. The van der Waals surface area contributed by atoms with Crippen molar-refractivity contribution in [2.75, 3.05) is 9.80 Å². The predicted octanol–water partition coefficient (Wildman–Crippen LogP) is 16.1. The number of pyridine rings is 1. The van der Waals surface area contributed by atoms with Crippen LogP contribution in [0.3, 0.4) is 0 Å². The van der Waals surface area contributed by atoms with Gasteiger partial charge in [0.2, 0.25) is 0 Å². The molecule has 2 aromatic heterocycles. The first kappa shape index (κ1) is 44.6. The molecule has 0 saturated carbocycles. The fourth-order valence-electron chi connectivity index (χ4n) is 8.89. The van der Waals surface area contributed by atoms with Gasteiger partial charge in [0.1, 0.15) is 17.5 Å². The second-order valence-electron chi connectivity index (χ2n) is 18.5. The maximum Gasteiger partial charge on any atom is 0.135 e. The maximum atomic E-state index is 15.0. The van der Waals surface area contributed by atoms with E-state index in [1.165, 1.54) is 28.8 Å². The Hall–Kier alpha value is -6.56. The molecule has 3 heterocycles. The molecule has 0 spiro atoms. The van der Waals surface area contributed by atoms with Gasteiger partial charge in [-0.3, -0.25) is 0 Å². The topological polar surface area (TPSA) is 33.5 Å². The first-order chi connectivity index (χ1) is 31.3. The zero-order valence-corrected chi connectivity index (χ0v) is 40.2. The summed E-state index contributed by atoms with van der Waals surface area (Å²) < 4.78 is 38.8. The summed E-state index contributed by atoms with van der Waals surface area (Å²) >= 11 is 0. The normalized spacial score (nSPS) is 12.7. The molecule has 66 heavy (non-hydrogen) atoms. The number of benzene rings is 7. The molecule has 8 heteroatoms. The molecule has 0 saturated heterocycles.